The van der Waals surface area contributed by atoms with Gasteiger partial charge in [-0.1, -0.05) is 44.5 Å². The number of carboxylic acid groups (broad SMARTS) is 1. The molecule has 1 N–H and O–H groups in total. The zero-order valence-electron chi connectivity index (χ0n) is 19.5. The first-order chi connectivity index (χ1) is 15.4. The van der Waals surface area contributed by atoms with Crippen LogP contribution >= 0.6 is 11.6 Å². The van der Waals surface area contributed by atoms with Crippen LogP contribution in [0.25, 0.3) is 22.4 Å². The van der Waals surface area contributed by atoms with Gasteiger partial charge in [-0.3, -0.25) is 4.79 Å². The zero-order chi connectivity index (χ0) is 24.1. The number of aromatic nitrogens is 1. The summed E-state index contributed by atoms with van der Waals surface area (Å²) in [4.78, 5) is 32.6. The van der Waals surface area contributed by atoms with Crippen molar-refractivity contribution in [1.82, 2.24) is 14.8 Å². The summed E-state index contributed by atoms with van der Waals surface area (Å²) in [5, 5.41) is 9.99. The summed E-state index contributed by atoms with van der Waals surface area (Å²) in [7, 11) is 0. The fourth-order valence-corrected chi connectivity index (χ4v) is 4.41. The SMILES string of the molecule is CC(C)(C)c1cc(-c2ccc(Cl)cc2)nc2cc(C(=O)N3CCN(C(=O)O)CC3(C)C)oc12. The Morgan fingerprint density at radius 1 is 1.12 bits per heavy atom. The number of fused-ring (bicyclic) bond motifs is 1. The lowest BCUT2D eigenvalue weighted by Gasteiger charge is -2.45. The summed E-state index contributed by atoms with van der Waals surface area (Å²) in [6, 6.07) is 11.2. The van der Waals surface area contributed by atoms with Gasteiger partial charge in [0.25, 0.3) is 5.91 Å². The van der Waals surface area contributed by atoms with Gasteiger partial charge in [0.05, 0.1) is 11.2 Å². The van der Waals surface area contributed by atoms with E-state index in [1.54, 1.807) is 11.0 Å². The molecule has 2 amide bonds. The average Bonchev–Trinajstić information content (AvgIpc) is 3.15. The Morgan fingerprint density at radius 3 is 2.36 bits per heavy atom. The van der Waals surface area contributed by atoms with Crippen molar-refractivity contribution in [1.29, 1.82) is 0 Å². The van der Waals surface area contributed by atoms with E-state index in [-0.39, 0.29) is 30.2 Å². The smallest absolute Gasteiger partial charge is 0.407 e. The molecule has 0 spiro atoms. The van der Waals surface area contributed by atoms with Crippen LogP contribution in [0.2, 0.25) is 5.02 Å². The van der Waals surface area contributed by atoms with Gasteiger partial charge in [-0.2, -0.15) is 0 Å². The number of pyridine rings is 1. The van der Waals surface area contributed by atoms with Gasteiger partial charge in [0, 0.05) is 41.9 Å². The zero-order valence-corrected chi connectivity index (χ0v) is 20.2. The Morgan fingerprint density at radius 2 is 1.79 bits per heavy atom. The van der Waals surface area contributed by atoms with E-state index >= 15 is 0 Å². The molecular formula is C25H28ClN3O4. The molecule has 1 fully saturated rings. The molecule has 1 aromatic carbocycles. The molecule has 0 radical (unpaired) electrons. The number of carbonyl (C=O) groups excluding carboxylic acids is 1. The number of halogens is 1. The highest BCUT2D eigenvalue weighted by Gasteiger charge is 2.40. The summed E-state index contributed by atoms with van der Waals surface area (Å²) in [6.07, 6.45) is -0.979. The van der Waals surface area contributed by atoms with Gasteiger partial charge in [0.2, 0.25) is 0 Å². The predicted molar refractivity (Wildman–Crippen MR) is 128 cm³/mol. The van der Waals surface area contributed by atoms with Crippen LogP contribution in [0.4, 0.5) is 4.79 Å². The summed E-state index contributed by atoms with van der Waals surface area (Å²) in [5.41, 5.74) is 2.94. The molecule has 1 aliphatic heterocycles. The molecule has 1 aliphatic rings. The number of piperazine rings is 1. The van der Waals surface area contributed by atoms with Gasteiger partial charge < -0.3 is 19.3 Å². The van der Waals surface area contributed by atoms with Gasteiger partial charge in [0.1, 0.15) is 5.52 Å². The number of benzene rings is 1. The highest BCUT2D eigenvalue weighted by molar-refractivity contribution is 6.30. The molecule has 7 nitrogen and oxygen atoms in total. The van der Waals surface area contributed by atoms with Crippen LogP contribution in [0.15, 0.2) is 40.8 Å². The van der Waals surface area contributed by atoms with Crippen LogP contribution in [-0.2, 0) is 5.41 Å². The minimum atomic E-state index is -0.979. The van der Waals surface area contributed by atoms with Gasteiger partial charge in [-0.15, -0.1) is 0 Å². The third-order valence-electron chi connectivity index (χ3n) is 6.06. The molecule has 3 heterocycles. The molecule has 0 unspecified atom stereocenters. The van der Waals surface area contributed by atoms with Gasteiger partial charge in [0.15, 0.2) is 11.3 Å². The number of nitrogens with zero attached hydrogens (tertiary/aromatic N) is 3. The number of rotatable bonds is 2. The van der Waals surface area contributed by atoms with Crippen molar-refractivity contribution >= 4 is 34.7 Å². The lowest BCUT2D eigenvalue weighted by Crippen LogP contribution is -2.61. The number of furan rings is 1. The first-order valence-corrected chi connectivity index (χ1v) is 11.3. The maximum absolute atomic E-state index is 13.4. The van der Waals surface area contributed by atoms with Crippen LogP contribution < -0.4 is 0 Å². The van der Waals surface area contributed by atoms with Crippen LogP contribution in [-0.4, -0.2) is 57.1 Å². The molecule has 3 aromatic rings. The number of amides is 2. The quantitative estimate of drug-likeness (QED) is 0.523. The second kappa shape index (κ2) is 8.06. The highest BCUT2D eigenvalue weighted by Crippen LogP contribution is 2.35. The Bertz CT molecular complexity index is 1220. The van der Waals surface area contributed by atoms with Crippen LogP contribution in [0.5, 0.6) is 0 Å². The monoisotopic (exact) mass is 469 g/mol. The van der Waals surface area contributed by atoms with E-state index < -0.39 is 11.6 Å². The van der Waals surface area contributed by atoms with E-state index in [0.717, 1.165) is 16.8 Å². The van der Waals surface area contributed by atoms with Crippen molar-refractivity contribution in [3.8, 4) is 11.3 Å². The van der Waals surface area contributed by atoms with Crippen molar-refractivity contribution in [2.45, 2.75) is 45.6 Å². The Kier molecular flexibility index (Phi) is 5.65. The number of hydrogen-bond acceptors (Lipinski definition) is 4. The van der Waals surface area contributed by atoms with Crippen LogP contribution in [0.3, 0.4) is 0 Å². The van der Waals surface area contributed by atoms with Gasteiger partial charge >= 0.3 is 6.09 Å². The average molecular weight is 470 g/mol. The van der Waals surface area contributed by atoms with Crippen molar-refractivity contribution in [2.24, 2.45) is 0 Å². The molecule has 8 heteroatoms. The fourth-order valence-electron chi connectivity index (χ4n) is 4.28. The van der Waals surface area contributed by atoms with E-state index in [1.807, 2.05) is 44.2 Å². The summed E-state index contributed by atoms with van der Waals surface area (Å²) < 4.78 is 6.11. The Labute approximate surface area is 197 Å². The minimum absolute atomic E-state index is 0.202. The van der Waals surface area contributed by atoms with Crippen molar-refractivity contribution in [3.63, 3.8) is 0 Å². The van der Waals surface area contributed by atoms with Crippen LogP contribution in [0, 0.1) is 0 Å². The maximum atomic E-state index is 13.4. The predicted octanol–water partition coefficient (Wildman–Crippen LogP) is 5.66. The van der Waals surface area contributed by atoms with Gasteiger partial charge in [-0.05, 0) is 37.5 Å². The molecule has 0 saturated carbocycles. The lowest BCUT2D eigenvalue weighted by atomic mass is 9.86. The topological polar surface area (TPSA) is 86.9 Å². The fraction of sp³-hybridized carbons (Fsp3) is 0.400. The summed E-state index contributed by atoms with van der Waals surface area (Å²) in [5.74, 6) is -0.0657. The van der Waals surface area contributed by atoms with E-state index in [9.17, 15) is 14.7 Å². The van der Waals surface area contributed by atoms with E-state index in [0.29, 0.717) is 22.7 Å². The molecular weight excluding hydrogens is 442 g/mol. The standard InChI is InChI=1S/C25H28ClN3O4/c1-24(2,3)17-12-18(15-6-8-16(26)9-7-15)27-19-13-20(33-21(17)19)22(30)29-11-10-28(23(31)32)14-25(29,4)5/h6-9,12-13H,10-11,14H2,1-5H3,(H,31,32). The van der Waals surface area contributed by atoms with Crippen molar-refractivity contribution < 1.29 is 19.1 Å². The molecule has 33 heavy (non-hydrogen) atoms. The molecule has 4 rings (SSSR count). The Balaban J connectivity index is 1.76. The highest BCUT2D eigenvalue weighted by atomic mass is 35.5. The van der Waals surface area contributed by atoms with Crippen LogP contribution in [0.1, 0.15) is 50.7 Å². The third-order valence-corrected chi connectivity index (χ3v) is 6.31. The van der Waals surface area contributed by atoms with E-state index in [4.69, 9.17) is 21.0 Å². The largest absolute Gasteiger partial charge is 0.465 e. The molecule has 0 bridgehead atoms. The molecule has 0 atom stereocenters. The Hall–Kier alpha value is -3.06. The summed E-state index contributed by atoms with van der Waals surface area (Å²) >= 11 is 6.05. The third kappa shape index (κ3) is 4.42. The maximum Gasteiger partial charge on any atom is 0.407 e. The first-order valence-electron chi connectivity index (χ1n) is 10.9. The van der Waals surface area contributed by atoms with E-state index in [2.05, 4.69) is 20.8 Å². The van der Waals surface area contributed by atoms with Gasteiger partial charge in [-0.25, -0.2) is 9.78 Å². The second-order valence-electron chi connectivity index (χ2n) is 10.1. The molecule has 0 aliphatic carbocycles. The lowest BCUT2D eigenvalue weighted by molar-refractivity contribution is 0.0179. The minimum Gasteiger partial charge on any atom is -0.465 e. The molecule has 2 aromatic heterocycles. The number of hydrogen-bond donors (Lipinski definition) is 1. The molecule has 1 saturated heterocycles. The first kappa shape index (κ1) is 23.1. The second-order valence-corrected chi connectivity index (χ2v) is 10.5. The van der Waals surface area contributed by atoms with Crippen molar-refractivity contribution in [3.05, 3.63) is 52.7 Å². The van der Waals surface area contributed by atoms with E-state index in [1.165, 1.54) is 4.90 Å². The molecule has 174 valence electrons. The number of carbonyl (C=O) groups is 2. The summed E-state index contributed by atoms with van der Waals surface area (Å²) in [6.45, 7) is 10.8. The normalized spacial score (nSPS) is 16.3. The van der Waals surface area contributed by atoms with Crippen molar-refractivity contribution in [2.75, 3.05) is 19.6 Å².